The van der Waals surface area contributed by atoms with Crippen molar-refractivity contribution in [2.75, 3.05) is 30.8 Å². The quantitative estimate of drug-likeness (QED) is 0.481. The number of benzene rings is 2. The number of amides is 2. The van der Waals surface area contributed by atoms with Crippen LogP contribution >= 0.6 is 0 Å². The maximum absolute atomic E-state index is 13.4. The van der Waals surface area contributed by atoms with Gasteiger partial charge < -0.3 is 15.0 Å². The molecule has 0 aliphatic rings. The van der Waals surface area contributed by atoms with Crippen molar-refractivity contribution in [2.24, 2.45) is 0 Å². The molecule has 0 aromatic heterocycles. The first-order chi connectivity index (χ1) is 16.8. The number of nitrogens with one attached hydrogen (secondary N) is 1. The Balaban J connectivity index is 2.44. The number of anilines is 1. The minimum atomic E-state index is -4.70. The van der Waals surface area contributed by atoms with Crippen LogP contribution in [-0.2, 0) is 32.3 Å². The highest BCUT2D eigenvalue weighted by Crippen LogP contribution is 2.32. The average Bonchev–Trinajstić information content (AvgIpc) is 2.82. The molecule has 0 saturated carbocycles. The molecule has 2 rings (SSSR count). The molecule has 12 heteroatoms. The molecule has 0 spiro atoms. The number of sulfonamides is 1. The van der Waals surface area contributed by atoms with Gasteiger partial charge in [0.25, 0.3) is 0 Å². The number of ether oxygens (including phenoxy) is 1. The van der Waals surface area contributed by atoms with Crippen LogP contribution in [0.3, 0.4) is 0 Å². The smallest absolute Gasteiger partial charge is 0.416 e. The van der Waals surface area contributed by atoms with E-state index in [9.17, 15) is 31.2 Å². The molecular formula is C24H30F3N3O5S. The third-order valence-electron chi connectivity index (χ3n) is 5.34. The Kier molecular flexibility index (Phi) is 9.74. The fraction of sp³-hybridized carbons (Fsp3) is 0.417. The van der Waals surface area contributed by atoms with Gasteiger partial charge in [-0.05, 0) is 49.2 Å². The Morgan fingerprint density at radius 1 is 1.11 bits per heavy atom. The normalized spacial score (nSPS) is 12.5. The summed E-state index contributed by atoms with van der Waals surface area (Å²) in [7, 11) is -2.68. The number of halogens is 3. The number of hydrogen-bond donors (Lipinski definition) is 1. The lowest BCUT2D eigenvalue weighted by Gasteiger charge is -2.31. The summed E-state index contributed by atoms with van der Waals surface area (Å²) >= 11 is 0. The van der Waals surface area contributed by atoms with E-state index in [2.05, 4.69) is 5.32 Å². The highest BCUT2D eigenvalue weighted by molar-refractivity contribution is 7.92. The number of nitrogens with zero attached hydrogens (tertiary/aromatic N) is 2. The summed E-state index contributed by atoms with van der Waals surface area (Å²) in [5.41, 5.74) is -0.755. The molecule has 0 aliphatic carbocycles. The Hall–Kier alpha value is -3.28. The fourth-order valence-corrected chi connectivity index (χ4v) is 4.24. The van der Waals surface area contributed by atoms with Crippen molar-refractivity contribution in [1.29, 1.82) is 0 Å². The third kappa shape index (κ3) is 7.87. The van der Waals surface area contributed by atoms with Gasteiger partial charge in [0.2, 0.25) is 21.8 Å². The van der Waals surface area contributed by atoms with E-state index >= 15 is 0 Å². The standard InChI is InChI=1S/C24H30F3N3O5S/c1-5-12-28-23(32)17(2)29(15-18-8-6-11-21(13-18)35-3)22(31)16-30(36(4,33)34)20-10-7-9-19(14-20)24(25,26)27/h6-11,13-14,17H,5,12,15-16H2,1-4H3,(H,28,32)/t17-/m1/s1. The van der Waals surface area contributed by atoms with Crippen LogP contribution in [0.4, 0.5) is 18.9 Å². The van der Waals surface area contributed by atoms with Crippen LogP contribution in [0.15, 0.2) is 48.5 Å². The van der Waals surface area contributed by atoms with Crippen LogP contribution in [0.2, 0.25) is 0 Å². The maximum atomic E-state index is 13.4. The van der Waals surface area contributed by atoms with E-state index in [0.29, 0.717) is 34.7 Å². The molecule has 0 unspecified atom stereocenters. The molecule has 0 radical (unpaired) electrons. The van der Waals surface area contributed by atoms with Gasteiger partial charge in [-0.15, -0.1) is 0 Å². The summed E-state index contributed by atoms with van der Waals surface area (Å²) in [6.45, 7) is 2.89. The van der Waals surface area contributed by atoms with E-state index in [1.54, 1.807) is 24.3 Å². The van der Waals surface area contributed by atoms with Gasteiger partial charge in [-0.1, -0.05) is 25.1 Å². The topological polar surface area (TPSA) is 96.0 Å². The Morgan fingerprint density at radius 2 is 1.78 bits per heavy atom. The Bertz CT molecular complexity index is 1170. The van der Waals surface area contributed by atoms with E-state index in [1.165, 1.54) is 25.0 Å². The predicted octanol–water partition coefficient (Wildman–Crippen LogP) is 3.42. The summed E-state index contributed by atoms with van der Waals surface area (Å²) in [5.74, 6) is -0.692. The molecule has 36 heavy (non-hydrogen) atoms. The molecule has 2 aromatic carbocycles. The zero-order chi connectivity index (χ0) is 27.1. The fourth-order valence-electron chi connectivity index (χ4n) is 3.40. The molecule has 8 nitrogen and oxygen atoms in total. The maximum Gasteiger partial charge on any atom is 0.416 e. The van der Waals surface area contributed by atoms with Crippen molar-refractivity contribution in [2.45, 2.75) is 39.0 Å². The van der Waals surface area contributed by atoms with E-state index in [-0.39, 0.29) is 12.2 Å². The van der Waals surface area contributed by atoms with Gasteiger partial charge in [0, 0.05) is 13.1 Å². The van der Waals surface area contributed by atoms with E-state index in [4.69, 9.17) is 4.74 Å². The van der Waals surface area contributed by atoms with E-state index in [0.717, 1.165) is 18.4 Å². The number of carbonyl (C=O) groups is 2. The van der Waals surface area contributed by atoms with Gasteiger partial charge in [-0.25, -0.2) is 8.42 Å². The van der Waals surface area contributed by atoms with Crippen molar-refractivity contribution in [3.05, 3.63) is 59.7 Å². The first-order valence-electron chi connectivity index (χ1n) is 11.1. The highest BCUT2D eigenvalue weighted by Gasteiger charge is 2.33. The van der Waals surface area contributed by atoms with Gasteiger partial charge in [0.1, 0.15) is 18.3 Å². The lowest BCUT2D eigenvalue weighted by atomic mass is 10.1. The first kappa shape index (κ1) is 29.0. The minimum absolute atomic E-state index is 0.0586. The average molecular weight is 530 g/mol. The van der Waals surface area contributed by atoms with Crippen molar-refractivity contribution < 1.29 is 35.9 Å². The lowest BCUT2D eigenvalue weighted by Crippen LogP contribution is -2.51. The number of alkyl halides is 3. The monoisotopic (exact) mass is 529 g/mol. The molecule has 0 heterocycles. The predicted molar refractivity (Wildman–Crippen MR) is 130 cm³/mol. The van der Waals surface area contributed by atoms with E-state index in [1.807, 2.05) is 6.92 Å². The van der Waals surface area contributed by atoms with Crippen LogP contribution in [0.25, 0.3) is 0 Å². The molecule has 0 fully saturated rings. The van der Waals surface area contributed by atoms with Crippen molar-refractivity contribution >= 4 is 27.5 Å². The van der Waals surface area contributed by atoms with Gasteiger partial charge in [0.15, 0.2) is 0 Å². The number of carbonyl (C=O) groups excluding carboxylic acids is 2. The molecular weight excluding hydrogens is 499 g/mol. The molecule has 1 atom stereocenters. The molecule has 198 valence electrons. The van der Waals surface area contributed by atoms with Crippen LogP contribution in [0.5, 0.6) is 5.75 Å². The summed E-state index contributed by atoms with van der Waals surface area (Å²) in [6, 6.07) is 9.50. The molecule has 2 aromatic rings. The molecule has 0 aliphatic heterocycles. The molecule has 2 amide bonds. The minimum Gasteiger partial charge on any atom is -0.497 e. The largest absolute Gasteiger partial charge is 0.497 e. The van der Waals surface area contributed by atoms with Crippen LogP contribution in [-0.4, -0.2) is 57.6 Å². The summed E-state index contributed by atoms with van der Waals surface area (Å²) in [4.78, 5) is 27.3. The zero-order valence-corrected chi connectivity index (χ0v) is 21.3. The van der Waals surface area contributed by atoms with Gasteiger partial charge in [-0.3, -0.25) is 13.9 Å². The van der Waals surface area contributed by atoms with Gasteiger partial charge in [0.05, 0.1) is 24.6 Å². The molecule has 0 saturated heterocycles. The van der Waals surface area contributed by atoms with Gasteiger partial charge >= 0.3 is 6.18 Å². The second-order valence-corrected chi connectivity index (χ2v) is 10.1. The van der Waals surface area contributed by atoms with Crippen LogP contribution in [0.1, 0.15) is 31.4 Å². The second kappa shape index (κ2) is 12.1. The zero-order valence-electron chi connectivity index (χ0n) is 20.5. The number of rotatable bonds is 11. The van der Waals surface area contributed by atoms with Crippen LogP contribution < -0.4 is 14.4 Å². The van der Waals surface area contributed by atoms with Crippen molar-refractivity contribution in [1.82, 2.24) is 10.2 Å². The van der Waals surface area contributed by atoms with Crippen molar-refractivity contribution in [3.8, 4) is 5.75 Å². The highest BCUT2D eigenvalue weighted by atomic mass is 32.2. The second-order valence-electron chi connectivity index (χ2n) is 8.16. The molecule has 0 bridgehead atoms. The SMILES string of the molecule is CCCNC(=O)[C@@H](C)N(Cc1cccc(OC)c1)C(=O)CN(c1cccc(C(F)(F)F)c1)S(C)(=O)=O. The Labute approximate surface area is 209 Å². The third-order valence-corrected chi connectivity index (χ3v) is 6.48. The van der Waals surface area contributed by atoms with Crippen molar-refractivity contribution in [3.63, 3.8) is 0 Å². The summed E-state index contributed by atoms with van der Waals surface area (Å²) in [5, 5.41) is 2.70. The molecule has 1 N–H and O–H groups in total. The number of hydrogen-bond acceptors (Lipinski definition) is 5. The summed E-state index contributed by atoms with van der Waals surface area (Å²) in [6.07, 6.45) is -3.24. The van der Waals surface area contributed by atoms with Gasteiger partial charge in [-0.2, -0.15) is 13.2 Å². The van der Waals surface area contributed by atoms with E-state index < -0.39 is 46.2 Å². The Morgan fingerprint density at radius 3 is 2.36 bits per heavy atom. The lowest BCUT2D eigenvalue weighted by molar-refractivity contribution is -0.139. The first-order valence-corrected chi connectivity index (χ1v) is 13.0. The van der Waals surface area contributed by atoms with Crippen LogP contribution in [0, 0.1) is 0 Å². The number of methoxy groups -OCH3 is 1. The summed E-state index contributed by atoms with van der Waals surface area (Å²) < 4.78 is 70.5.